The van der Waals surface area contributed by atoms with Crippen LogP contribution in [0.3, 0.4) is 0 Å². The molecule has 6 heteroatoms. The number of anilines is 1. The first kappa shape index (κ1) is 9.75. The molecule has 0 atom stereocenters. The Bertz CT molecular complexity index is 402. The SMILES string of the molecule is Nc1cccc(S(N)(=O)=O)c1I. The van der Waals surface area contributed by atoms with E-state index in [1.807, 2.05) is 22.6 Å². The molecule has 1 rings (SSSR count). The predicted octanol–water partition coefficient (Wildman–Crippen LogP) is 0.521. The summed E-state index contributed by atoms with van der Waals surface area (Å²) in [6.45, 7) is 0. The lowest BCUT2D eigenvalue weighted by Gasteiger charge is -2.03. The maximum Gasteiger partial charge on any atom is 0.239 e. The van der Waals surface area contributed by atoms with Crippen LogP contribution < -0.4 is 10.9 Å². The second-order valence-corrected chi connectivity index (χ2v) is 4.81. The Morgan fingerprint density at radius 1 is 1.33 bits per heavy atom. The summed E-state index contributed by atoms with van der Waals surface area (Å²) in [5.74, 6) is 0. The summed E-state index contributed by atoms with van der Waals surface area (Å²) >= 11 is 1.85. The Hall–Kier alpha value is -0.340. The number of hydrogen-bond acceptors (Lipinski definition) is 3. The molecule has 4 nitrogen and oxygen atoms in total. The zero-order chi connectivity index (χ0) is 9.35. The number of benzene rings is 1. The molecule has 1 aromatic carbocycles. The predicted molar refractivity (Wildman–Crippen MR) is 54.9 cm³/mol. The molecule has 0 heterocycles. The van der Waals surface area contributed by atoms with Gasteiger partial charge in [0, 0.05) is 5.69 Å². The monoisotopic (exact) mass is 298 g/mol. The van der Waals surface area contributed by atoms with Crippen molar-refractivity contribution >= 4 is 38.3 Å². The average molecular weight is 298 g/mol. The van der Waals surface area contributed by atoms with E-state index in [2.05, 4.69) is 0 Å². The van der Waals surface area contributed by atoms with Gasteiger partial charge in [0.05, 0.1) is 8.47 Å². The fourth-order valence-corrected chi connectivity index (χ4v) is 2.66. The summed E-state index contributed by atoms with van der Waals surface area (Å²) < 4.78 is 22.3. The molecule has 0 saturated heterocycles. The molecule has 66 valence electrons. The minimum Gasteiger partial charge on any atom is -0.398 e. The molecule has 0 aliphatic rings. The van der Waals surface area contributed by atoms with E-state index in [0.29, 0.717) is 9.26 Å². The standard InChI is InChI=1S/C6H7IN2O2S/c7-6-4(8)2-1-3-5(6)12(9,10)11/h1-3H,8H2,(H2,9,10,11). The van der Waals surface area contributed by atoms with Gasteiger partial charge in [0.15, 0.2) is 0 Å². The van der Waals surface area contributed by atoms with Crippen LogP contribution >= 0.6 is 22.6 Å². The van der Waals surface area contributed by atoms with Crippen molar-refractivity contribution in [3.63, 3.8) is 0 Å². The minimum atomic E-state index is -3.64. The quantitative estimate of drug-likeness (QED) is 0.585. The first-order valence-corrected chi connectivity index (χ1v) is 5.62. The van der Waals surface area contributed by atoms with E-state index < -0.39 is 10.0 Å². The van der Waals surface area contributed by atoms with Gasteiger partial charge in [0.25, 0.3) is 0 Å². The smallest absolute Gasteiger partial charge is 0.239 e. The number of halogens is 1. The van der Waals surface area contributed by atoms with Crippen molar-refractivity contribution in [2.45, 2.75) is 4.90 Å². The summed E-state index contributed by atoms with van der Waals surface area (Å²) in [5.41, 5.74) is 5.91. The van der Waals surface area contributed by atoms with E-state index in [-0.39, 0.29) is 4.90 Å². The molecule has 0 radical (unpaired) electrons. The molecule has 0 aliphatic carbocycles. The van der Waals surface area contributed by atoms with Crippen LogP contribution in [0.1, 0.15) is 0 Å². The number of primary sulfonamides is 1. The molecule has 0 unspecified atom stereocenters. The second-order valence-electron chi connectivity index (χ2n) is 2.20. The number of nitrogen functional groups attached to an aromatic ring is 1. The molecule has 0 amide bonds. The molecule has 0 spiro atoms. The van der Waals surface area contributed by atoms with Crippen LogP contribution in [0, 0.1) is 3.57 Å². The number of hydrogen-bond donors (Lipinski definition) is 2. The van der Waals surface area contributed by atoms with Gasteiger partial charge in [-0.15, -0.1) is 0 Å². The summed E-state index contributed by atoms with van der Waals surface area (Å²) in [6, 6.07) is 4.60. The topological polar surface area (TPSA) is 86.2 Å². The molecule has 0 aliphatic heterocycles. The maximum absolute atomic E-state index is 10.9. The van der Waals surface area contributed by atoms with Crippen LogP contribution in [-0.4, -0.2) is 8.42 Å². The summed E-state index contributed by atoms with van der Waals surface area (Å²) in [4.78, 5) is 0.0723. The largest absolute Gasteiger partial charge is 0.398 e. The summed E-state index contributed by atoms with van der Waals surface area (Å²) in [7, 11) is -3.64. The van der Waals surface area contributed by atoms with Crippen LogP contribution in [0.2, 0.25) is 0 Å². The Kier molecular flexibility index (Phi) is 2.59. The molecule has 0 saturated carbocycles. The lowest BCUT2D eigenvalue weighted by atomic mass is 10.3. The molecule has 1 aromatic rings. The van der Waals surface area contributed by atoms with Gasteiger partial charge in [-0.05, 0) is 34.7 Å². The molecule has 0 aromatic heterocycles. The third kappa shape index (κ3) is 1.87. The molecular formula is C6H7IN2O2S. The van der Waals surface area contributed by atoms with Crippen LogP contribution in [-0.2, 0) is 10.0 Å². The Balaban J connectivity index is 3.47. The van der Waals surface area contributed by atoms with E-state index in [1.165, 1.54) is 6.07 Å². The fourth-order valence-electron chi connectivity index (χ4n) is 0.748. The van der Waals surface area contributed by atoms with E-state index >= 15 is 0 Å². The Morgan fingerprint density at radius 3 is 2.33 bits per heavy atom. The first-order chi connectivity index (χ1) is 5.43. The normalized spacial score (nSPS) is 11.5. The molecule has 0 bridgehead atoms. The molecule has 0 fully saturated rings. The molecule has 4 N–H and O–H groups in total. The lowest BCUT2D eigenvalue weighted by molar-refractivity contribution is 0.597. The summed E-state index contributed by atoms with van der Waals surface area (Å²) in [5, 5.41) is 4.94. The zero-order valence-electron chi connectivity index (χ0n) is 5.99. The highest BCUT2D eigenvalue weighted by molar-refractivity contribution is 14.1. The number of sulfonamides is 1. The minimum absolute atomic E-state index is 0.0723. The van der Waals surface area contributed by atoms with E-state index in [4.69, 9.17) is 10.9 Å². The average Bonchev–Trinajstić information content (AvgIpc) is 1.92. The molecule has 12 heavy (non-hydrogen) atoms. The van der Waals surface area contributed by atoms with Gasteiger partial charge >= 0.3 is 0 Å². The van der Waals surface area contributed by atoms with Crippen molar-refractivity contribution in [1.82, 2.24) is 0 Å². The highest BCUT2D eigenvalue weighted by Gasteiger charge is 2.12. The van der Waals surface area contributed by atoms with Crippen LogP contribution in [0.5, 0.6) is 0 Å². The van der Waals surface area contributed by atoms with Gasteiger partial charge in [0.2, 0.25) is 10.0 Å². The van der Waals surface area contributed by atoms with Crippen molar-refractivity contribution in [2.75, 3.05) is 5.73 Å². The van der Waals surface area contributed by atoms with Gasteiger partial charge in [-0.1, -0.05) is 6.07 Å². The first-order valence-electron chi connectivity index (χ1n) is 2.99. The van der Waals surface area contributed by atoms with Crippen LogP contribution in [0.25, 0.3) is 0 Å². The van der Waals surface area contributed by atoms with Gasteiger partial charge in [-0.2, -0.15) is 0 Å². The van der Waals surface area contributed by atoms with Crippen molar-refractivity contribution in [3.05, 3.63) is 21.8 Å². The van der Waals surface area contributed by atoms with E-state index in [9.17, 15) is 8.42 Å². The van der Waals surface area contributed by atoms with Gasteiger partial charge < -0.3 is 5.73 Å². The number of nitrogens with two attached hydrogens (primary N) is 2. The molecular weight excluding hydrogens is 291 g/mol. The fraction of sp³-hybridized carbons (Fsp3) is 0. The summed E-state index contributed by atoms with van der Waals surface area (Å²) in [6.07, 6.45) is 0. The third-order valence-corrected chi connectivity index (χ3v) is 3.82. The second kappa shape index (κ2) is 3.19. The highest BCUT2D eigenvalue weighted by atomic mass is 127. The van der Waals surface area contributed by atoms with E-state index in [0.717, 1.165) is 0 Å². The Morgan fingerprint density at radius 2 is 1.92 bits per heavy atom. The van der Waals surface area contributed by atoms with Crippen molar-refractivity contribution in [3.8, 4) is 0 Å². The van der Waals surface area contributed by atoms with Gasteiger partial charge in [0.1, 0.15) is 0 Å². The van der Waals surface area contributed by atoms with Crippen molar-refractivity contribution < 1.29 is 8.42 Å². The zero-order valence-corrected chi connectivity index (χ0v) is 8.96. The van der Waals surface area contributed by atoms with Gasteiger partial charge in [-0.3, -0.25) is 0 Å². The van der Waals surface area contributed by atoms with Crippen LogP contribution in [0.4, 0.5) is 5.69 Å². The van der Waals surface area contributed by atoms with E-state index in [1.54, 1.807) is 12.1 Å². The lowest BCUT2D eigenvalue weighted by Crippen LogP contribution is -2.14. The Labute approximate surface area is 84.1 Å². The number of rotatable bonds is 1. The highest BCUT2D eigenvalue weighted by Crippen LogP contribution is 2.21. The van der Waals surface area contributed by atoms with Crippen molar-refractivity contribution in [2.24, 2.45) is 5.14 Å². The van der Waals surface area contributed by atoms with Gasteiger partial charge in [-0.25, -0.2) is 13.6 Å². The van der Waals surface area contributed by atoms with Crippen molar-refractivity contribution in [1.29, 1.82) is 0 Å². The third-order valence-electron chi connectivity index (χ3n) is 1.30. The maximum atomic E-state index is 10.9. The van der Waals surface area contributed by atoms with Crippen LogP contribution in [0.15, 0.2) is 23.1 Å².